The first-order valence-electron chi connectivity index (χ1n) is 16.3. The highest BCUT2D eigenvalue weighted by Crippen LogP contribution is 2.49. The standard InChI is InChI=1S/C44H40N2/c1-29(2)31-19-23-35(24-20-31)45-43-38-17-11-12-18-39(38)44(46-36-25-21-32(22-26-36)30(3)4)42-40(43)28-27-37(33-13-7-5-8-14-33)41(42)34-15-9-6-10-16-34/h5-30,45-46H,1-4H3. The fourth-order valence-corrected chi connectivity index (χ4v) is 6.49. The summed E-state index contributed by atoms with van der Waals surface area (Å²) >= 11 is 0. The molecule has 0 saturated carbocycles. The average Bonchev–Trinajstić information content (AvgIpc) is 3.10. The molecular formula is C44H40N2. The minimum absolute atomic E-state index is 0.480. The van der Waals surface area contributed by atoms with Crippen LogP contribution in [0.1, 0.15) is 50.7 Å². The molecule has 0 unspecified atom stereocenters. The zero-order chi connectivity index (χ0) is 31.6. The molecule has 0 aliphatic rings. The van der Waals surface area contributed by atoms with E-state index in [2.05, 4.69) is 184 Å². The highest BCUT2D eigenvalue weighted by Gasteiger charge is 2.21. The Morgan fingerprint density at radius 2 is 0.848 bits per heavy atom. The average molecular weight is 597 g/mol. The van der Waals surface area contributed by atoms with Gasteiger partial charge in [-0.1, -0.05) is 149 Å². The maximum absolute atomic E-state index is 3.93. The molecule has 0 saturated heterocycles. The van der Waals surface area contributed by atoms with Gasteiger partial charge >= 0.3 is 0 Å². The van der Waals surface area contributed by atoms with Crippen molar-refractivity contribution in [3.63, 3.8) is 0 Å². The Morgan fingerprint density at radius 1 is 0.391 bits per heavy atom. The maximum atomic E-state index is 3.93. The molecule has 0 heterocycles. The monoisotopic (exact) mass is 596 g/mol. The lowest BCUT2D eigenvalue weighted by Gasteiger charge is -2.23. The van der Waals surface area contributed by atoms with Crippen LogP contribution in [0.4, 0.5) is 22.7 Å². The Labute approximate surface area is 272 Å². The van der Waals surface area contributed by atoms with Crippen molar-refractivity contribution in [1.29, 1.82) is 0 Å². The SMILES string of the molecule is CC(C)c1ccc(Nc2c3ccccc3c(Nc3ccc(C(C)C)cc3)c3c(-c4ccccc4)c(-c4ccccc4)ccc23)cc1. The summed E-state index contributed by atoms with van der Waals surface area (Å²) in [6, 6.07) is 52.7. The van der Waals surface area contributed by atoms with Crippen molar-refractivity contribution in [2.45, 2.75) is 39.5 Å². The minimum atomic E-state index is 0.480. The first-order chi connectivity index (χ1) is 22.5. The predicted molar refractivity (Wildman–Crippen MR) is 200 cm³/mol. The van der Waals surface area contributed by atoms with E-state index in [0.29, 0.717) is 11.8 Å². The number of rotatable bonds is 8. The number of anilines is 4. The highest BCUT2D eigenvalue weighted by atomic mass is 14.9. The van der Waals surface area contributed by atoms with E-state index in [4.69, 9.17) is 0 Å². The second kappa shape index (κ2) is 12.6. The van der Waals surface area contributed by atoms with Crippen molar-refractivity contribution in [1.82, 2.24) is 0 Å². The van der Waals surface area contributed by atoms with Gasteiger partial charge < -0.3 is 10.6 Å². The van der Waals surface area contributed by atoms with Crippen molar-refractivity contribution < 1.29 is 0 Å². The van der Waals surface area contributed by atoms with E-state index >= 15 is 0 Å². The van der Waals surface area contributed by atoms with Crippen molar-refractivity contribution in [3.05, 3.63) is 157 Å². The van der Waals surface area contributed by atoms with E-state index in [0.717, 1.165) is 22.7 Å². The summed E-state index contributed by atoms with van der Waals surface area (Å²) < 4.78 is 0. The molecule has 7 aromatic rings. The zero-order valence-corrected chi connectivity index (χ0v) is 27.0. The zero-order valence-electron chi connectivity index (χ0n) is 27.0. The van der Waals surface area contributed by atoms with Crippen LogP contribution in [0.25, 0.3) is 43.8 Å². The molecule has 0 amide bonds. The third-order valence-corrected chi connectivity index (χ3v) is 9.03. The van der Waals surface area contributed by atoms with E-state index in [-0.39, 0.29) is 0 Å². The molecule has 2 heteroatoms. The van der Waals surface area contributed by atoms with Gasteiger partial charge in [0.25, 0.3) is 0 Å². The second-order valence-corrected chi connectivity index (χ2v) is 12.7. The van der Waals surface area contributed by atoms with Gasteiger partial charge in [-0.3, -0.25) is 0 Å². The molecule has 0 aliphatic carbocycles. The molecule has 2 nitrogen and oxygen atoms in total. The summed E-state index contributed by atoms with van der Waals surface area (Å²) in [6.07, 6.45) is 0. The molecule has 7 rings (SSSR count). The summed E-state index contributed by atoms with van der Waals surface area (Å²) in [6.45, 7) is 8.95. The summed E-state index contributed by atoms with van der Waals surface area (Å²) in [5.41, 5.74) is 11.9. The lowest BCUT2D eigenvalue weighted by atomic mass is 9.86. The number of benzene rings is 7. The third-order valence-electron chi connectivity index (χ3n) is 9.03. The Hall–Kier alpha value is -5.34. The van der Waals surface area contributed by atoms with Crippen molar-refractivity contribution >= 4 is 44.3 Å². The van der Waals surface area contributed by atoms with E-state index in [1.54, 1.807) is 0 Å². The van der Waals surface area contributed by atoms with Gasteiger partial charge in [-0.05, 0) is 69.5 Å². The molecular weight excluding hydrogens is 556 g/mol. The fraction of sp³-hybridized carbons (Fsp3) is 0.136. The van der Waals surface area contributed by atoms with E-state index in [1.165, 1.54) is 54.9 Å². The van der Waals surface area contributed by atoms with Gasteiger partial charge in [0.05, 0.1) is 11.4 Å². The smallest absolute Gasteiger partial charge is 0.0551 e. The maximum Gasteiger partial charge on any atom is 0.0551 e. The molecule has 7 aromatic carbocycles. The molecule has 0 fully saturated rings. The molecule has 226 valence electrons. The summed E-state index contributed by atoms with van der Waals surface area (Å²) in [7, 11) is 0. The summed E-state index contributed by atoms with van der Waals surface area (Å²) in [4.78, 5) is 0. The number of hydrogen-bond acceptors (Lipinski definition) is 2. The van der Waals surface area contributed by atoms with Crippen LogP contribution in [0.3, 0.4) is 0 Å². The Morgan fingerprint density at radius 3 is 1.37 bits per heavy atom. The lowest BCUT2D eigenvalue weighted by molar-refractivity contribution is 0.867. The highest BCUT2D eigenvalue weighted by molar-refractivity contribution is 6.26. The predicted octanol–water partition coefficient (Wildman–Crippen LogP) is 13.1. The van der Waals surface area contributed by atoms with Crippen LogP contribution < -0.4 is 10.6 Å². The Balaban J connectivity index is 1.56. The topological polar surface area (TPSA) is 24.1 Å². The first kappa shape index (κ1) is 29.4. The van der Waals surface area contributed by atoms with Gasteiger partial charge in [-0.25, -0.2) is 0 Å². The molecule has 0 aliphatic heterocycles. The molecule has 2 N–H and O–H groups in total. The van der Waals surface area contributed by atoms with E-state index in [9.17, 15) is 0 Å². The molecule has 0 atom stereocenters. The van der Waals surface area contributed by atoms with E-state index < -0.39 is 0 Å². The van der Waals surface area contributed by atoms with Crippen LogP contribution in [-0.4, -0.2) is 0 Å². The summed E-state index contributed by atoms with van der Waals surface area (Å²) in [5.74, 6) is 0.967. The lowest BCUT2D eigenvalue weighted by Crippen LogP contribution is -2.01. The van der Waals surface area contributed by atoms with Crippen LogP contribution >= 0.6 is 0 Å². The van der Waals surface area contributed by atoms with Gasteiger partial charge in [0.1, 0.15) is 0 Å². The van der Waals surface area contributed by atoms with E-state index in [1.807, 2.05) is 0 Å². The molecule has 0 aromatic heterocycles. The van der Waals surface area contributed by atoms with Crippen LogP contribution in [0.5, 0.6) is 0 Å². The number of fused-ring (bicyclic) bond motifs is 2. The Kier molecular flexibility index (Phi) is 8.03. The van der Waals surface area contributed by atoms with Crippen molar-refractivity contribution in [2.75, 3.05) is 10.6 Å². The fourth-order valence-electron chi connectivity index (χ4n) is 6.49. The van der Waals surface area contributed by atoms with Crippen LogP contribution in [0, 0.1) is 0 Å². The Bertz CT molecular complexity index is 2110. The third kappa shape index (κ3) is 5.63. The molecule has 0 radical (unpaired) electrons. The first-order valence-corrected chi connectivity index (χ1v) is 16.3. The number of hydrogen-bond donors (Lipinski definition) is 2. The van der Waals surface area contributed by atoms with Gasteiger partial charge in [-0.15, -0.1) is 0 Å². The molecule has 46 heavy (non-hydrogen) atoms. The number of nitrogens with one attached hydrogen (secondary N) is 2. The van der Waals surface area contributed by atoms with Gasteiger partial charge in [-0.2, -0.15) is 0 Å². The van der Waals surface area contributed by atoms with Crippen LogP contribution in [0.2, 0.25) is 0 Å². The van der Waals surface area contributed by atoms with Crippen LogP contribution in [0.15, 0.2) is 146 Å². The molecule has 0 bridgehead atoms. The largest absolute Gasteiger partial charge is 0.355 e. The van der Waals surface area contributed by atoms with Gasteiger partial charge in [0.2, 0.25) is 0 Å². The van der Waals surface area contributed by atoms with Crippen molar-refractivity contribution in [3.8, 4) is 22.3 Å². The summed E-state index contributed by atoms with van der Waals surface area (Å²) in [5, 5.41) is 12.5. The van der Waals surface area contributed by atoms with Crippen LogP contribution in [-0.2, 0) is 0 Å². The second-order valence-electron chi connectivity index (χ2n) is 12.7. The quantitative estimate of drug-likeness (QED) is 0.135. The van der Waals surface area contributed by atoms with Crippen molar-refractivity contribution in [2.24, 2.45) is 0 Å². The minimum Gasteiger partial charge on any atom is -0.355 e. The van der Waals surface area contributed by atoms with Gasteiger partial charge in [0, 0.05) is 32.9 Å². The molecule has 0 spiro atoms. The van der Waals surface area contributed by atoms with Gasteiger partial charge in [0.15, 0.2) is 0 Å². The normalized spacial score (nSPS) is 11.4.